The van der Waals surface area contributed by atoms with E-state index in [1.165, 1.54) is 7.11 Å². The molecule has 1 aromatic heterocycles. The highest BCUT2D eigenvalue weighted by molar-refractivity contribution is 6.04. The highest BCUT2D eigenvalue weighted by Crippen LogP contribution is 2.46. The first-order valence-corrected chi connectivity index (χ1v) is 11.1. The van der Waals surface area contributed by atoms with Gasteiger partial charge in [0.05, 0.1) is 32.3 Å². The summed E-state index contributed by atoms with van der Waals surface area (Å²) in [5, 5.41) is 3.32. The summed E-state index contributed by atoms with van der Waals surface area (Å²) < 4.78 is 22.1. The summed E-state index contributed by atoms with van der Waals surface area (Å²) in [6.07, 6.45) is 0.946. The van der Waals surface area contributed by atoms with Crippen LogP contribution in [0.15, 0.2) is 57.3 Å². The predicted octanol–water partition coefficient (Wildman–Crippen LogP) is 4.53. The van der Waals surface area contributed by atoms with E-state index >= 15 is 0 Å². The molecule has 174 valence electrons. The predicted molar refractivity (Wildman–Crippen MR) is 122 cm³/mol. The van der Waals surface area contributed by atoms with Gasteiger partial charge in [0.2, 0.25) is 0 Å². The van der Waals surface area contributed by atoms with Crippen LogP contribution in [0.1, 0.15) is 55.6 Å². The second kappa shape index (κ2) is 9.17. The van der Waals surface area contributed by atoms with E-state index in [1.807, 2.05) is 51.1 Å². The van der Waals surface area contributed by atoms with Crippen LogP contribution in [0.3, 0.4) is 0 Å². The van der Waals surface area contributed by atoms with Crippen molar-refractivity contribution < 1.29 is 28.2 Å². The third-order valence-corrected chi connectivity index (χ3v) is 6.24. The molecule has 2 unspecified atom stereocenters. The Bertz CT molecular complexity index is 1160. The Balaban J connectivity index is 1.74. The van der Waals surface area contributed by atoms with Crippen molar-refractivity contribution in [1.82, 2.24) is 5.32 Å². The van der Waals surface area contributed by atoms with Gasteiger partial charge in [-0.05, 0) is 62.9 Å². The van der Waals surface area contributed by atoms with Gasteiger partial charge in [0, 0.05) is 23.4 Å². The second-order valence-electron chi connectivity index (χ2n) is 8.30. The Hall–Kier alpha value is -3.48. The van der Waals surface area contributed by atoms with Crippen molar-refractivity contribution >= 4 is 11.8 Å². The van der Waals surface area contributed by atoms with Crippen LogP contribution in [-0.2, 0) is 14.3 Å². The summed E-state index contributed by atoms with van der Waals surface area (Å²) in [6, 6.07) is 9.46. The van der Waals surface area contributed by atoms with Gasteiger partial charge in [-0.15, -0.1) is 0 Å². The Morgan fingerprint density at radius 3 is 2.55 bits per heavy atom. The van der Waals surface area contributed by atoms with E-state index in [0.717, 1.165) is 17.0 Å². The number of carbonyl (C=O) groups is 2. The van der Waals surface area contributed by atoms with Crippen LogP contribution in [-0.4, -0.2) is 32.6 Å². The SMILES string of the molecule is CCOc1ccc(C2CC(=O)C3=C(C2)NC(C)=C(C(=O)OC)C3c2ccc(C)o2)cc1OC. The highest BCUT2D eigenvalue weighted by atomic mass is 16.5. The van der Waals surface area contributed by atoms with E-state index in [-0.39, 0.29) is 11.7 Å². The average Bonchev–Trinajstić information content (AvgIpc) is 3.23. The number of dihydropyridines is 1. The molecular weight excluding hydrogens is 422 g/mol. The number of furan rings is 1. The summed E-state index contributed by atoms with van der Waals surface area (Å²) >= 11 is 0. The van der Waals surface area contributed by atoms with Gasteiger partial charge in [0.1, 0.15) is 11.5 Å². The van der Waals surface area contributed by atoms with E-state index in [1.54, 1.807) is 7.11 Å². The first-order chi connectivity index (χ1) is 15.9. The quantitative estimate of drug-likeness (QED) is 0.646. The third-order valence-electron chi connectivity index (χ3n) is 6.24. The molecule has 2 aromatic rings. The summed E-state index contributed by atoms with van der Waals surface area (Å²) in [5.74, 6) is 1.49. The zero-order valence-electron chi connectivity index (χ0n) is 19.6. The lowest BCUT2D eigenvalue weighted by Crippen LogP contribution is -2.35. The van der Waals surface area contributed by atoms with Crippen molar-refractivity contribution in [3.05, 3.63) is 70.0 Å². The molecule has 0 saturated carbocycles. The highest BCUT2D eigenvalue weighted by Gasteiger charge is 2.42. The minimum atomic E-state index is -0.592. The van der Waals surface area contributed by atoms with Crippen molar-refractivity contribution in [3.8, 4) is 11.5 Å². The zero-order chi connectivity index (χ0) is 23.7. The molecule has 1 N–H and O–H groups in total. The Labute approximate surface area is 193 Å². The molecule has 4 rings (SSSR count). The number of Topliss-reactive ketones (excluding diaryl/α,β-unsaturated/α-hetero) is 1. The molecule has 2 heterocycles. The van der Waals surface area contributed by atoms with Gasteiger partial charge in [-0.1, -0.05) is 6.07 Å². The van der Waals surface area contributed by atoms with Gasteiger partial charge in [0.15, 0.2) is 17.3 Å². The molecule has 0 spiro atoms. The average molecular weight is 452 g/mol. The van der Waals surface area contributed by atoms with Gasteiger partial charge in [-0.2, -0.15) is 0 Å². The summed E-state index contributed by atoms with van der Waals surface area (Å²) in [4.78, 5) is 26.2. The number of nitrogens with one attached hydrogen (secondary N) is 1. The van der Waals surface area contributed by atoms with Crippen molar-refractivity contribution in [3.63, 3.8) is 0 Å². The Kier molecular flexibility index (Phi) is 6.31. The number of aryl methyl sites for hydroxylation is 1. The van der Waals surface area contributed by atoms with E-state index in [4.69, 9.17) is 18.6 Å². The van der Waals surface area contributed by atoms with E-state index in [0.29, 0.717) is 53.6 Å². The molecule has 33 heavy (non-hydrogen) atoms. The first kappa shape index (κ1) is 22.7. The third kappa shape index (κ3) is 4.15. The maximum atomic E-state index is 13.5. The molecule has 7 nitrogen and oxygen atoms in total. The molecular formula is C26H29NO6. The molecule has 1 aliphatic carbocycles. The molecule has 0 fully saturated rings. The summed E-state index contributed by atoms with van der Waals surface area (Å²) in [6.45, 7) is 6.13. The monoisotopic (exact) mass is 451 g/mol. The topological polar surface area (TPSA) is 87.0 Å². The molecule has 1 aromatic carbocycles. The number of benzene rings is 1. The van der Waals surface area contributed by atoms with Gasteiger partial charge in [0.25, 0.3) is 0 Å². The van der Waals surface area contributed by atoms with E-state index in [9.17, 15) is 9.59 Å². The number of esters is 1. The maximum Gasteiger partial charge on any atom is 0.336 e. The van der Waals surface area contributed by atoms with Crippen LogP contribution in [0.2, 0.25) is 0 Å². The first-order valence-electron chi connectivity index (χ1n) is 11.1. The number of rotatable bonds is 6. The van der Waals surface area contributed by atoms with Crippen LogP contribution in [0.5, 0.6) is 11.5 Å². The number of hydrogen-bond acceptors (Lipinski definition) is 7. The van der Waals surface area contributed by atoms with Crippen molar-refractivity contribution in [2.75, 3.05) is 20.8 Å². The molecule has 0 radical (unpaired) electrons. The van der Waals surface area contributed by atoms with E-state index < -0.39 is 11.9 Å². The lowest BCUT2D eigenvalue weighted by molar-refractivity contribution is -0.136. The van der Waals surface area contributed by atoms with Crippen molar-refractivity contribution in [2.45, 2.75) is 45.4 Å². The molecule has 2 aliphatic rings. The lowest BCUT2D eigenvalue weighted by Gasteiger charge is -2.35. The van der Waals surface area contributed by atoms with Crippen molar-refractivity contribution in [2.24, 2.45) is 0 Å². The molecule has 0 amide bonds. The number of ether oxygens (including phenoxy) is 3. The van der Waals surface area contributed by atoms with Crippen LogP contribution in [0, 0.1) is 6.92 Å². The summed E-state index contributed by atoms with van der Waals surface area (Å²) in [5.41, 5.74) is 3.46. The Morgan fingerprint density at radius 2 is 1.91 bits per heavy atom. The number of hydrogen-bond donors (Lipinski definition) is 1. The number of ketones is 1. The summed E-state index contributed by atoms with van der Waals surface area (Å²) in [7, 11) is 2.95. The fraction of sp³-hybridized carbons (Fsp3) is 0.385. The molecule has 0 saturated heterocycles. The van der Waals surface area contributed by atoms with Gasteiger partial charge >= 0.3 is 5.97 Å². The molecule has 0 bridgehead atoms. The number of carbonyl (C=O) groups excluding carboxylic acids is 2. The van der Waals surface area contributed by atoms with Crippen LogP contribution in [0.25, 0.3) is 0 Å². The normalized spacial score (nSPS) is 20.3. The number of allylic oxidation sites excluding steroid dienone is 3. The van der Waals surface area contributed by atoms with Gasteiger partial charge in [-0.25, -0.2) is 4.79 Å². The van der Waals surface area contributed by atoms with Crippen LogP contribution >= 0.6 is 0 Å². The minimum absolute atomic E-state index is 0.0189. The van der Waals surface area contributed by atoms with E-state index in [2.05, 4.69) is 5.32 Å². The standard InChI is InChI=1S/C26H29NO6/c1-6-32-20-10-8-16(13-22(20)30-4)17-11-18-24(19(28)12-17)25(21-9-7-14(2)33-21)23(15(3)27-18)26(29)31-5/h7-10,13,17,25,27H,6,11-12H2,1-5H3. The number of methoxy groups -OCH3 is 2. The second-order valence-corrected chi connectivity index (χ2v) is 8.30. The molecule has 1 aliphatic heterocycles. The fourth-order valence-electron chi connectivity index (χ4n) is 4.76. The smallest absolute Gasteiger partial charge is 0.336 e. The molecule has 2 atom stereocenters. The minimum Gasteiger partial charge on any atom is -0.493 e. The van der Waals surface area contributed by atoms with Gasteiger partial charge < -0.3 is 23.9 Å². The fourth-order valence-corrected chi connectivity index (χ4v) is 4.76. The van der Waals surface area contributed by atoms with Crippen molar-refractivity contribution in [1.29, 1.82) is 0 Å². The maximum absolute atomic E-state index is 13.5. The molecule has 7 heteroatoms. The zero-order valence-corrected chi connectivity index (χ0v) is 19.6. The van der Waals surface area contributed by atoms with Crippen LogP contribution in [0.4, 0.5) is 0 Å². The van der Waals surface area contributed by atoms with Crippen LogP contribution < -0.4 is 14.8 Å². The lowest BCUT2D eigenvalue weighted by atomic mass is 9.73. The Morgan fingerprint density at radius 1 is 1.12 bits per heavy atom. The largest absolute Gasteiger partial charge is 0.493 e. The van der Waals surface area contributed by atoms with Gasteiger partial charge in [-0.3, -0.25) is 4.79 Å².